The highest BCUT2D eigenvalue weighted by Crippen LogP contribution is 2.40. The van der Waals surface area contributed by atoms with Gasteiger partial charge in [0, 0.05) is 6.54 Å². The van der Waals surface area contributed by atoms with Gasteiger partial charge in [-0.2, -0.15) is 0 Å². The Labute approximate surface area is 132 Å². The second-order valence-corrected chi connectivity index (χ2v) is 7.95. The Morgan fingerprint density at radius 3 is 2.33 bits per heavy atom. The van der Waals surface area contributed by atoms with Gasteiger partial charge in [-0.25, -0.2) is 0 Å². The third-order valence-corrected chi connectivity index (χ3v) is 6.18. The van der Waals surface area contributed by atoms with Crippen LogP contribution in [0.15, 0.2) is 0 Å². The van der Waals surface area contributed by atoms with Crippen molar-refractivity contribution in [1.82, 2.24) is 5.32 Å². The summed E-state index contributed by atoms with van der Waals surface area (Å²) >= 11 is 0. The summed E-state index contributed by atoms with van der Waals surface area (Å²) in [6, 6.07) is 0. The third kappa shape index (κ3) is 4.69. The molecule has 0 aromatic carbocycles. The van der Waals surface area contributed by atoms with Crippen LogP contribution in [0, 0.1) is 17.8 Å². The molecule has 0 aromatic rings. The predicted molar refractivity (Wildman–Crippen MR) is 90.6 cm³/mol. The summed E-state index contributed by atoms with van der Waals surface area (Å²) in [6.07, 6.45) is 12.4. The lowest BCUT2D eigenvalue weighted by Crippen LogP contribution is -2.48. The maximum absolute atomic E-state index is 6.74. The highest BCUT2D eigenvalue weighted by Gasteiger charge is 2.38. The number of likely N-dealkylation sites (N-methyl/N-ethyl adjacent to an activating group) is 1. The SMILES string of the molecule is CCCC1CCC(CNC)(OC2CCC(C)C(C)C2)CC1. The van der Waals surface area contributed by atoms with E-state index in [-0.39, 0.29) is 5.60 Å². The van der Waals surface area contributed by atoms with E-state index in [1.165, 1.54) is 57.8 Å². The van der Waals surface area contributed by atoms with Crippen LogP contribution in [0.4, 0.5) is 0 Å². The first-order valence-corrected chi connectivity index (χ1v) is 9.41. The number of nitrogens with one attached hydrogen (secondary N) is 1. The molecule has 2 aliphatic rings. The summed E-state index contributed by atoms with van der Waals surface area (Å²) in [6.45, 7) is 8.16. The van der Waals surface area contributed by atoms with E-state index < -0.39 is 0 Å². The van der Waals surface area contributed by atoms with Crippen LogP contribution < -0.4 is 5.32 Å². The van der Waals surface area contributed by atoms with Crippen molar-refractivity contribution in [1.29, 1.82) is 0 Å². The second kappa shape index (κ2) is 7.97. The summed E-state index contributed by atoms with van der Waals surface area (Å²) in [7, 11) is 2.08. The van der Waals surface area contributed by atoms with Crippen molar-refractivity contribution in [2.75, 3.05) is 13.6 Å². The first-order chi connectivity index (χ1) is 10.1. The van der Waals surface area contributed by atoms with Crippen LogP contribution in [0.2, 0.25) is 0 Å². The largest absolute Gasteiger partial charge is 0.370 e. The van der Waals surface area contributed by atoms with E-state index in [0.29, 0.717) is 6.10 Å². The highest BCUT2D eigenvalue weighted by atomic mass is 16.5. The van der Waals surface area contributed by atoms with Gasteiger partial charge in [-0.05, 0) is 69.7 Å². The van der Waals surface area contributed by atoms with Crippen LogP contribution in [-0.2, 0) is 4.74 Å². The molecule has 0 spiro atoms. The molecule has 2 aliphatic carbocycles. The van der Waals surface area contributed by atoms with Crippen molar-refractivity contribution >= 4 is 0 Å². The van der Waals surface area contributed by atoms with Gasteiger partial charge >= 0.3 is 0 Å². The average Bonchev–Trinajstić information content (AvgIpc) is 2.46. The van der Waals surface area contributed by atoms with Gasteiger partial charge in [-0.3, -0.25) is 0 Å². The minimum absolute atomic E-state index is 0.129. The first kappa shape index (κ1) is 17.3. The van der Waals surface area contributed by atoms with Gasteiger partial charge in [-0.15, -0.1) is 0 Å². The smallest absolute Gasteiger partial charge is 0.0810 e. The molecular formula is C19H37NO. The van der Waals surface area contributed by atoms with Gasteiger partial charge in [0.2, 0.25) is 0 Å². The van der Waals surface area contributed by atoms with E-state index in [2.05, 4.69) is 33.1 Å². The van der Waals surface area contributed by atoms with Gasteiger partial charge in [0.25, 0.3) is 0 Å². The van der Waals surface area contributed by atoms with Gasteiger partial charge in [0.1, 0.15) is 0 Å². The van der Waals surface area contributed by atoms with Gasteiger partial charge in [0.15, 0.2) is 0 Å². The fraction of sp³-hybridized carbons (Fsp3) is 1.00. The Kier molecular flexibility index (Phi) is 6.55. The normalized spacial score (nSPS) is 41.1. The molecule has 124 valence electrons. The first-order valence-electron chi connectivity index (χ1n) is 9.41. The molecule has 0 heterocycles. The molecule has 2 heteroatoms. The Morgan fingerprint density at radius 1 is 1.05 bits per heavy atom. The van der Waals surface area contributed by atoms with E-state index in [4.69, 9.17) is 4.74 Å². The monoisotopic (exact) mass is 295 g/mol. The van der Waals surface area contributed by atoms with Gasteiger partial charge in [0.05, 0.1) is 11.7 Å². The lowest BCUT2D eigenvalue weighted by molar-refractivity contribution is -0.135. The van der Waals surface area contributed by atoms with E-state index in [1.807, 2.05) is 0 Å². The molecule has 0 amide bonds. The number of ether oxygens (including phenoxy) is 1. The standard InChI is InChI=1S/C19H37NO/c1-5-6-17-9-11-19(12-10-17,14-20-4)21-18-8-7-15(2)16(3)13-18/h15-18,20H,5-14H2,1-4H3. The van der Waals surface area contributed by atoms with E-state index in [1.54, 1.807) is 0 Å². The number of rotatable bonds is 6. The molecule has 0 saturated heterocycles. The lowest BCUT2D eigenvalue weighted by Gasteiger charge is -2.44. The van der Waals surface area contributed by atoms with Gasteiger partial charge in [-0.1, -0.05) is 33.6 Å². The summed E-state index contributed by atoms with van der Waals surface area (Å²) < 4.78 is 6.74. The quantitative estimate of drug-likeness (QED) is 0.761. The molecule has 2 fully saturated rings. The summed E-state index contributed by atoms with van der Waals surface area (Å²) in [5.74, 6) is 2.66. The highest BCUT2D eigenvalue weighted by molar-refractivity contribution is 4.91. The van der Waals surface area contributed by atoms with Crippen LogP contribution in [0.1, 0.15) is 78.6 Å². The Morgan fingerprint density at radius 2 is 1.76 bits per heavy atom. The zero-order valence-corrected chi connectivity index (χ0v) is 14.8. The van der Waals surface area contributed by atoms with Crippen LogP contribution in [0.5, 0.6) is 0 Å². The van der Waals surface area contributed by atoms with Crippen molar-refractivity contribution in [3.05, 3.63) is 0 Å². The van der Waals surface area contributed by atoms with Crippen molar-refractivity contribution in [3.63, 3.8) is 0 Å². The van der Waals surface area contributed by atoms with Gasteiger partial charge < -0.3 is 10.1 Å². The third-order valence-electron chi connectivity index (χ3n) is 6.18. The van der Waals surface area contributed by atoms with Crippen LogP contribution in [-0.4, -0.2) is 25.3 Å². The molecule has 3 atom stereocenters. The molecule has 2 rings (SSSR count). The van der Waals surface area contributed by atoms with Crippen LogP contribution >= 0.6 is 0 Å². The number of hydrogen-bond donors (Lipinski definition) is 1. The minimum atomic E-state index is 0.129. The minimum Gasteiger partial charge on any atom is -0.370 e. The molecule has 21 heavy (non-hydrogen) atoms. The molecule has 0 radical (unpaired) electrons. The lowest BCUT2D eigenvalue weighted by atomic mass is 9.76. The van der Waals surface area contributed by atoms with Crippen LogP contribution in [0.3, 0.4) is 0 Å². The predicted octanol–water partition coefficient (Wildman–Crippen LogP) is 4.78. The molecule has 2 saturated carbocycles. The van der Waals surface area contributed by atoms with Crippen molar-refractivity contribution in [2.45, 2.75) is 90.3 Å². The Balaban J connectivity index is 1.90. The van der Waals surface area contributed by atoms with Crippen molar-refractivity contribution in [3.8, 4) is 0 Å². The molecule has 2 nitrogen and oxygen atoms in total. The number of hydrogen-bond acceptors (Lipinski definition) is 2. The van der Waals surface area contributed by atoms with E-state index in [0.717, 1.165) is 24.3 Å². The zero-order valence-electron chi connectivity index (χ0n) is 14.8. The molecule has 0 aromatic heterocycles. The van der Waals surface area contributed by atoms with Crippen LogP contribution in [0.25, 0.3) is 0 Å². The fourth-order valence-corrected chi connectivity index (χ4v) is 4.52. The second-order valence-electron chi connectivity index (χ2n) is 7.95. The molecule has 0 bridgehead atoms. The fourth-order valence-electron chi connectivity index (χ4n) is 4.52. The van der Waals surface area contributed by atoms with E-state index in [9.17, 15) is 0 Å². The zero-order chi connectivity index (χ0) is 15.3. The average molecular weight is 296 g/mol. The summed E-state index contributed by atoms with van der Waals surface area (Å²) in [5.41, 5.74) is 0.129. The van der Waals surface area contributed by atoms with E-state index >= 15 is 0 Å². The van der Waals surface area contributed by atoms with Crippen molar-refractivity contribution < 1.29 is 4.74 Å². The topological polar surface area (TPSA) is 21.3 Å². The molecule has 1 N–H and O–H groups in total. The Bertz CT molecular complexity index is 296. The molecule has 0 aliphatic heterocycles. The van der Waals surface area contributed by atoms with Crippen molar-refractivity contribution in [2.24, 2.45) is 17.8 Å². The summed E-state index contributed by atoms with van der Waals surface area (Å²) in [4.78, 5) is 0. The Hall–Kier alpha value is -0.0800. The molecular weight excluding hydrogens is 258 g/mol. The summed E-state index contributed by atoms with van der Waals surface area (Å²) in [5, 5.41) is 3.41. The maximum atomic E-state index is 6.74. The molecule has 3 unspecified atom stereocenters. The maximum Gasteiger partial charge on any atom is 0.0810 e.